The van der Waals surface area contributed by atoms with Crippen LogP contribution in [-0.4, -0.2) is 33.5 Å². The minimum atomic E-state index is -0.686. The van der Waals surface area contributed by atoms with Crippen molar-refractivity contribution in [1.29, 1.82) is 0 Å². The monoisotopic (exact) mass is 394 g/mol. The third-order valence-electron chi connectivity index (χ3n) is 9.13. The lowest BCUT2D eigenvalue weighted by molar-refractivity contribution is -0.137. The molecule has 3 fully saturated rings. The number of aliphatic hydroxyl groups is 2. The Balaban J connectivity index is 1.79. The number of rotatable bonds is 4. The molecule has 3 aliphatic rings. The van der Waals surface area contributed by atoms with Crippen LogP contribution in [0.3, 0.4) is 0 Å². The Hall–Kier alpha value is -0.610. The first kappa shape index (κ1) is 22.1. The molecule has 0 aromatic rings. The molecule has 0 saturated heterocycles. The van der Waals surface area contributed by atoms with Gasteiger partial charge in [-0.2, -0.15) is 0 Å². The Morgan fingerprint density at radius 3 is 2.54 bits per heavy atom. The van der Waals surface area contributed by atoms with E-state index in [1.807, 2.05) is 0 Å². The summed E-state index contributed by atoms with van der Waals surface area (Å²) in [5, 5.41) is 30.5. The summed E-state index contributed by atoms with van der Waals surface area (Å²) in [6, 6.07) is 0. The first-order chi connectivity index (χ1) is 13.2. The number of carboxylic acid groups (broad SMARTS) is 1. The average Bonchev–Trinajstić information content (AvgIpc) is 2.99. The molecule has 4 heteroatoms. The van der Waals surface area contributed by atoms with E-state index < -0.39 is 5.97 Å². The van der Waals surface area contributed by atoms with Crippen molar-refractivity contribution in [3.8, 4) is 0 Å². The van der Waals surface area contributed by atoms with Gasteiger partial charge in [0.05, 0.1) is 12.2 Å². The number of hydrogen-bond acceptors (Lipinski definition) is 3. The van der Waals surface area contributed by atoms with Crippen molar-refractivity contribution in [2.75, 3.05) is 0 Å². The SMILES string of the molecule is CC1CC[C@@H](O)CCC[C@@H](O)[C@@H]2[C@@H]1CCC1(C)[C@@H]([C@H](C)CCC(=O)O)CC[C@@H]21. The Bertz CT molecular complexity index is 535. The molecule has 4 nitrogen and oxygen atoms in total. The number of aliphatic hydroxyl groups excluding tert-OH is 2. The molecule has 3 rings (SSSR count). The lowest BCUT2D eigenvalue weighted by atomic mass is 9.53. The van der Waals surface area contributed by atoms with Crippen LogP contribution < -0.4 is 0 Å². The standard InChI is InChI=1S/C24H42O4/c1-15-7-9-17(25)5-4-6-21(26)23-18(15)13-14-24(3)19(10-11-20(23)24)16(2)8-12-22(27)28/h15-21,23,25-26H,4-14H2,1-3H3,(H,27,28)/t15?,16-,17+,18-,19-,20+,21-,23-,24?/m1/s1. The number of carbonyl (C=O) groups is 1. The van der Waals surface area contributed by atoms with Crippen LogP contribution in [0.15, 0.2) is 0 Å². The second-order valence-corrected chi connectivity index (χ2v) is 10.7. The minimum Gasteiger partial charge on any atom is -0.481 e. The van der Waals surface area contributed by atoms with E-state index >= 15 is 0 Å². The third-order valence-corrected chi connectivity index (χ3v) is 9.13. The quantitative estimate of drug-likeness (QED) is 0.636. The largest absolute Gasteiger partial charge is 0.481 e. The molecule has 0 aliphatic heterocycles. The van der Waals surface area contributed by atoms with Gasteiger partial charge in [-0.05, 0) is 105 Å². The van der Waals surface area contributed by atoms with Crippen molar-refractivity contribution in [3.63, 3.8) is 0 Å². The second kappa shape index (κ2) is 9.04. The first-order valence-corrected chi connectivity index (χ1v) is 11.8. The van der Waals surface area contributed by atoms with Gasteiger partial charge in [0.15, 0.2) is 0 Å². The van der Waals surface area contributed by atoms with Crippen LogP contribution >= 0.6 is 0 Å². The summed E-state index contributed by atoms with van der Waals surface area (Å²) in [6.07, 6.45) is 9.86. The summed E-state index contributed by atoms with van der Waals surface area (Å²) in [4.78, 5) is 11.1. The number of hydrogen-bond donors (Lipinski definition) is 3. The smallest absolute Gasteiger partial charge is 0.303 e. The molecule has 28 heavy (non-hydrogen) atoms. The maximum Gasteiger partial charge on any atom is 0.303 e. The van der Waals surface area contributed by atoms with Gasteiger partial charge in [0.25, 0.3) is 0 Å². The van der Waals surface area contributed by atoms with Crippen LogP contribution in [0.5, 0.6) is 0 Å². The lowest BCUT2D eigenvalue weighted by Crippen LogP contribution is -2.49. The lowest BCUT2D eigenvalue weighted by Gasteiger charge is -2.53. The Morgan fingerprint density at radius 2 is 1.82 bits per heavy atom. The van der Waals surface area contributed by atoms with Crippen molar-refractivity contribution in [3.05, 3.63) is 0 Å². The molecule has 0 amide bonds. The van der Waals surface area contributed by atoms with E-state index in [-0.39, 0.29) is 24.0 Å². The van der Waals surface area contributed by atoms with Crippen molar-refractivity contribution in [2.45, 2.75) is 104 Å². The van der Waals surface area contributed by atoms with E-state index in [1.165, 1.54) is 25.7 Å². The number of fused-ring (bicyclic) bond motifs is 3. The molecule has 162 valence electrons. The maximum absolute atomic E-state index is 11.2. The zero-order chi connectivity index (χ0) is 20.5. The van der Waals surface area contributed by atoms with Crippen LogP contribution in [0.4, 0.5) is 0 Å². The van der Waals surface area contributed by atoms with Gasteiger partial charge >= 0.3 is 5.97 Å². The molecule has 9 atom stereocenters. The van der Waals surface area contributed by atoms with Gasteiger partial charge < -0.3 is 15.3 Å². The van der Waals surface area contributed by atoms with Crippen molar-refractivity contribution in [1.82, 2.24) is 0 Å². The average molecular weight is 395 g/mol. The van der Waals surface area contributed by atoms with E-state index in [1.54, 1.807) is 0 Å². The molecule has 0 heterocycles. The fourth-order valence-corrected chi connectivity index (χ4v) is 7.54. The van der Waals surface area contributed by atoms with Gasteiger partial charge in [0, 0.05) is 6.42 Å². The molecular weight excluding hydrogens is 352 g/mol. The molecule has 2 unspecified atom stereocenters. The van der Waals surface area contributed by atoms with Crippen LogP contribution in [0.2, 0.25) is 0 Å². The summed E-state index contributed by atoms with van der Waals surface area (Å²) in [6.45, 7) is 7.03. The van der Waals surface area contributed by atoms with Crippen molar-refractivity contribution >= 4 is 5.97 Å². The summed E-state index contributed by atoms with van der Waals surface area (Å²) in [5.74, 6) is 2.39. The highest BCUT2D eigenvalue weighted by Gasteiger charge is 2.56. The molecule has 3 saturated carbocycles. The van der Waals surface area contributed by atoms with Gasteiger partial charge in [-0.3, -0.25) is 4.79 Å². The first-order valence-electron chi connectivity index (χ1n) is 11.8. The fraction of sp³-hybridized carbons (Fsp3) is 0.958. The van der Waals surface area contributed by atoms with Gasteiger partial charge in [0.2, 0.25) is 0 Å². The fourth-order valence-electron chi connectivity index (χ4n) is 7.54. The summed E-state index contributed by atoms with van der Waals surface area (Å²) in [5.41, 5.74) is 0.240. The van der Waals surface area contributed by atoms with Crippen LogP contribution in [0.1, 0.15) is 91.4 Å². The van der Waals surface area contributed by atoms with E-state index in [2.05, 4.69) is 20.8 Å². The molecule has 3 N–H and O–H groups in total. The zero-order valence-corrected chi connectivity index (χ0v) is 18.1. The van der Waals surface area contributed by atoms with E-state index in [9.17, 15) is 15.0 Å². The molecule has 3 aliphatic carbocycles. The Kier molecular flexibility index (Phi) is 7.13. The highest BCUT2D eigenvalue weighted by molar-refractivity contribution is 5.66. The van der Waals surface area contributed by atoms with Gasteiger partial charge in [-0.1, -0.05) is 20.8 Å². The Labute approximate surface area is 171 Å². The van der Waals surface area contributed by atoms with Gasteiger partial charge in [-0.15, -0.1) is 0 Å². The van der Waals surface area contributed by atoms with Gasteiger partial charge in [-0.25, -0.2) is 0 Å². The van der Waals surface area contributed by atoms with Crippen LogP contribution in [0, 0.1) is 40.9 Å². The Morgan fingerprint density at radius 1 is 1.07 bits per heavy atom. The number of aliphatic carboxylic acids is 1. The maximum atomic E-state index is 11.2. The minimum absolute atomic E-state index is 0.203. The highest BCUT2D eigenvalue weighted by atomic mass is 16.4. The van der Waals surface area contributed by atoms with E-state index in [4.69, 9.17) is 5.11 Å². The van der Waals surface area contributed by atoms with Crippen molar-refractivity contribution < 1.29 is 20.1 Å². The van der Waals surface area contributed by atoms with E-state index in [0.717, 1.165) is 38.5 Å². The molecule has 0 spiro atoms. The van der Waals surface area contributed by atoms with E-state index in [0.29, 0.717) is 35.5 Å². The van der Waals surface area contributed by atoms with Crippen LogP contribution in [0.25, 0.3) is 0 Å². The van der Waals surface area contributed by atoms with Crippen LogP contribution in [-0.2, 0) is 4.79 Å². The summed E-state index contributed by atoms with van der Waals surface area (Å²) in [7, 11) is 0. The highest BCUT2D eigenvalue weighted by Crippen LogP contribution is 2.63. The normalized spacial score (nSPS) is 45.7. The predicted octanol–water partition coefficient (Wildman–Crippen LogP) is 4.87. The molecular formula is C24H42O4. The molecule has 0 bridgehead atoms. The summed E-state index contributed by atoms with van der Waals surface area (Å²) < 4.78 is 0. The molecule has 0 aromatic carbocycles. The van der Waals surface area contributed by atoms with Crippen molar-refractivity contribution in [2.24, 2.45) is 40.9 Å². The third kappa shape index (κ3) is 4.43. The topological polar surface area (TPSA) is 77.8 Å². The molecule has 0 radical (unpaired) electrons. The summed E-state index contributed by atoms with van der Waals surface area (Å²) >= 11 is 0. The predicted molar refractivity (Wildman–Crippen MR) is 111 cm³/mol. The zero-order valence-electron chi connectivity index (χ0n) is 18.1. The van der Waals surface area contributed by atoms with Gasteiger partial charge in [0.1, 0.15) is 0 Å². The second-order valence-electron chi connectivity index (χ2n) is 10.7. The number of carboxylic acids is 1. The molecule has 0 aromatic heterocycles.